The van der Waals surface area contributed by atoms with Gasteiger partial charge in [-0.05, 0) is 29.8 Å². The fraction of sp³-hybridized carbons (Fsp3) is 0.263. The highest BCUT2D eigenvalue weighted by atomic mass is 16.5. The van der Waals surface area contributed by atoms with Crippen molar-refractivity contribution in [3.05, 3.63) is 60.2 Å². The van der Waals surface area contributed by atoms with Gasteiger partial charge in [0.2, 0.25) is 11.8 Å². The highest BCUT2D eigenvalue weighted by molar-refractivity contribution is 6.00. The van der Waals surface area contributed by atoms with Crippen LogP contribution >= 0.6 is 0 Å². The molecule has 0 unspecified atom stereocenters. The van der Waals surface area contributed by atoms with E-state index in [-0.39, 0.29) is 24.2 Å². The first-order valence-corrected chi connectivity index (χ1v) is 7.93. The molecule has 3 rings (SSSR count). The second-order valence-electron chi connectivity index (χ2n) is 5.81. The smallest absolute Gasteiger partial charge is 0.227 e. The lowest BCUT2D eigenvalue weighted by molar-refractivity contribution is -0.126. The quantitative estimate of drug-likeness (QED) is 0.918. The topological polar surface area (TPSA) is 58.6 Å². The van der Waals surface area contributed by atoms with Gasteiger partial charge in [0.05, 0.1) is 13.0 Å². The number of carbonyl (C=O) groups is 2. The Labute approximate surface area is 141 Å². The Balaban J connectivity index is 1.57. The molecule has 0 aliphatic carbocycles. The summed E-state index contributed by atoms with van der Waals surface area (Å²) in [6.45, 7) is 0.871. The summed E-state index contributed by atoms with van der Waals surface area (Å²) in [5, 5.41) is 2.91. The average Bonchev–Trinajstić information content (AvgIpc) is 3.02. The van der Waals surface area contributed by atoms with Crippen LogP contribution in [0.15, 0.2) is 54.6 Å². The molecule has 0 spiro atoms. The predicted octanol–water partition coefficient (Wildman–Crippen LogP) is 2.36. The minimum atomic E-state index is -0.309. The van der Waals surface area contributed by atoms with Crippen LogP contribution < -0.4 is 15.0 Å². The Hall–Kier alpha value is -2.82. The number of hydrogen-bond donors (Lipinski definition) is 1. The van der Waals surface area contributed by atoms with Crippen molar-refractivity contribution in [2.75, 3.05) is 18.6 Å². The first-order chi connectivity index (χ1) is 11.7. The van der Waals surface area contributed by atoms with Crippen LogP contribution in [0.3, 0.4) is 0 Å². The predicted molar refractivity (Wildman–Crippen MR) is 91.7 cm³/mol. The highest BCUT2D eigenvalue weighted by Crippen LogP contribution is 2.25. The summed E-state index contributed by atoms with van der Waals surface area (Å²) in [6, 6.07) is 17.0. The van der Waals surface area contributed by atoms with E-state index in [9.17, 15) is 9.59 Å². The van der Waals surface area contributed by atoms with Crippen molar-refractivity contribution in [2.24, 2.45) is 5.92 Å². The van der Waals surface area contributed by atoms with Gasteiger partial charge in [0.15, 0.2) is 0 Å². The molecule has 1 heterocycles. The molecular weight excluding hydrogens is 304 g/mol. The number of amides is 2. The van der Waals surface area contributed by atoms with Crippen molar-refractivity contribution >= 4 is 17.5 Å². The first kappa shape index (κ1) is 16.1. The summed E-state index contributed by atoms with van der Waals surface area (Å²) < 4.78 is 5.11. The number of para-hydroxylation sites is 1. The van der Waals surface area contributed by atoms with E-state index in [0.29, 0.717) is 13.1 Å². The van der Waals surface area contributed by atoms with Crippen LogP contribution in [0.4, 0.5) is 5.69 Å². The van der Waals surface area contributed by atoms with E-state index in [4.69, 9.17) is 4.74 Å². The van der Waals surface area contributed by atoms with Crippen molar-refractivity contribution < 1.29 is 14.3 Å². The Morgan fingerprint density at radius 1 is 1.17 bits per heavy atom. The van der Waals surface area contributed by atoms with Gasteiger partial charge in [-0.25, -0.2) is 0 Å². The number of benzene rings is 2. The maximum absolute atomic E-state index is 12.3. The Bertz CT molecular complexity index is 713. The van der Waals surface area contributed by atoms with Crippen LogP contribution in [0, 0.1) is 5.92 Å². The fourth-order valence-electron chi connectivity index (χ4n) is 2.82. The van der Waals surface area contributed by atoms with Crippen molar-refractivity contribution in [2.45, 2.75) is 13.0 Å². The van der Waals surface area contributed by atoms with E-state index in [2.05, 4.69) is 5.32 Å². The molecule has 0 saturated carbocycles. The number of hydrogen-bond acceptors (Lipinski definition) is 3. The standard InChI is InChI=1S/C19H20N2O3/c1-24-17-9-7-14(8-10-17)12-20-19(23)15-11-18(22)21(13-15)16-5-3-2-4-6-16/h2-10,15H,11-13H2,1H3,(H,20,23)/t15-/m1/s1. The number of methoxy groups -OCH3 is 1. The van der Waals surface area contributed by atoms with Crippen LogP contribution in [0.5, 0.6) is 5.75 Å². The lowest BCUT2D eigenvalue weighted by atomic mass is 10.1. The Morgan fingerprint density at radius 3 is 2.54 bits per heavy atom. The molecule has 1 atom stereocenters. The van der Waals surface area contributed by atoms with Crippen LogP contribution in [-0.4, -0.2) is 25.5 Å². The normalized spacial score (nSPS) is 17.0. The zero-order chi connectivity index (χ0) is 16.9. The van der Waals surface area contributed by atoms with E-state index in [1.165, 1.54) is 0 Å². The molecule has 0 aromatic heterocycles. The number of nitrogens with zero attached hydrogens (tertiary/aromatic N) is 1. The molecule has 1 aliphatic rings. The molecule has 2 aromatic rings. The van der Waals surface area contributed by atoms with E-state index >= 15 is 0 Å². The summed E-state index contributed by atoms with van der Waals surface area (Å²) >= 11 is 0. The number of ether oxygens (including phenoxy) is 1. The first-order valence-electron chi connectivity index (χ1n) is 7.93. The van der Waals surface area contributed by atoms with Gasteiger partial charge < -0.3 is 15.0 Å². The molecule has 5 heteroatoms. The van der Waals surface area contributed by atoms with Gasteiger partial charge in [-0.2, -0.15) is 0 Å². The van der Waals surface area contributed by atoms with E-state index in [1.807, 2.05) is 54.6 Å². The average molecular weight is 324 g/mol. The third-order valence-corrected chi connectivity index (χ3v) is 4.19. The zero-order valence-electron chi connectivity index (χ0n) is 13.6. The van der Waals surface area contributed by atoms with E-state index in [0.717, 1.165) is 17.0 Å². The summed E-state index contributed by atoms with van der Waals surface area (Å²) in [5.41, 5.74) is 1.83. The minimum Gasteiger partial charge on any atom is -0.497 e. The minimum absolute atomic E-state index is 0.00852. The monoisotopic (exact) mass is 324 g/mol. The molecule has 2 aromatic carbocycles. The van der Waals surface area contributed by atoms with Gasteiger partial charge in [0, 0.05) is 25.2 Å². The van der Waals surface area contributed by atoms with E-state index in [1.54, 1.807) is 12.0 Å². The number of anilines is 1. The van der Waals surface area contributed by atoms with Crippen LogP contribution in [0.2, 0.25) is 0 Å². The SMILES string of the molecule is COc1ccc(CNC(=O)[C@@H]2CC(=O)N(c3ccccc3)C2)cc1. The molecule has 1 aliphatic heterocycles. The fourth-order valence-corrected chi connectivity index (χ4v) is 2.82. The van der Waals surface area contributed by atoms with Gasteiger partial charge in [0.25, 0.3) is 0 Å². The summed E-state index contributed by atoms with van der Waals surface area (Å²) in [6.07, 6.45) is 0.253. The molecule has 1 saturated heterocycles. The van der Waals surface area contributed by atoms with Gasteiger partial charge in [0.1, 0.15) is 5.75 Å². The summed E-state index contributed by atoms with van der Waals surface area (Å²) in [5.74, 6) is 0.379. The Kier molecular flexibility index (Phi) is 4.79. The molecule has 5 nitrogen and oxygen atoms in total. The number of rotatable bonds is 5. The van der Waals surface area contributed by atoms with Crippen molar-refractivity contribution in [3.63, 3.8) is 0 Å². The number of nitrogens with one attached hydrogen (secondary N) is 1. The van der Waals surface area contributed by atoms with Crippen LogP contribution in [0.1, 0.15) is 12.0 Å². The third kappa shape index (κ3) is 3.56. The Morgan fingerprint density at radius 2 is 1.88 bits per heavy atom. The van der Waals surface area contributed by atoms with Crippen molar-refractivity contribution in [1.29, 1.82) is 0 Å². The van der Waals surface area contributed by atoms with Gasteiger partial charge in [-0.15, -0.1) is 0 Å². The molecule has 24 heavy (non-hydrogen) atoms. The molecular formula is C19H20N2O3. The second kappa shape index (κ2) is 7.17. The molecule has 0 radical (unpaired) electrons. The maximum atomic E-state index is 12.3. The number of carbonyl (C=O) groups excluding carboxylic acids is 2. The van der Waals surface area contributed by atoms with Gasteiger partial charge in [-0.3, -0.25) is 9.59 Å². The van der Waals surface area contributed by atoms with E-state index < -0.39 is 0 Å². The van der Waals surface area contributed by atoms with Crippen LogP contribution in [0.25, 0.3) is 0 Å². The molecule has 1 N–H and O–H groups in total. The molecule has 124 valence electrons. The van der Waals surface area contributed by atoms with Gasteiger partial charge >= 0.3 is 0 Å². The largest absolute Gasteiger partial charge is 0.497 e. The van der Waals surface area contributed by atoms with Crippen LogP contribution in [-0.2, 0) is 16.1 Å². The molecule has 1 fully saturated rings. The second-order valence-corrected chi connectivity index (χ2v) is 5.81. The highest BCUT2D eigenvalue weighted by Gasteiger charge is 2.34. The summed E-state index contributed by atoms with van der Waals surface area (Å²) in [4.78, 5) is 26.2. The summed E-state index contributed by atoms with van der Waals surface area (Å²) in [7, 11) is 1.62. The van der Waals surface area contributed by atoms with Crippen molar-refractivity contribution in [1.82, 2.24) is 5.32 Å². The van der Waals surface area contributed by atoms with Gasteiger partial charge in [-0.1, -0.05) is 30.3 Å². The third-order valence-electron chi connectivity index (χ3n) is 4.19. The lowest BCUT2D eigenvalue weighted by Crippen LogP contribution is -2.32. The zero-order valence-corrected chi connectivity index (χ0v) is 13.6. The lowest BCUT2D eigenvalue weighted by Gasteiger charge is -2.16. The maximum Gasteiger partial charge on any atom is 0.227 e. The van der Waals surface area contributed by atoms with Crippen molar-refractivity contribution in [3.8, 4) is 5.75 Å². The molecule has 2 amide bonds. The molecule has 0 bridgehead atoms.